The molecule has 0 aromatic carbocycles. The Balaban J connectivity index is 2.31. The molecule has 0 aliphatic carbocycles. The molecule has 1 fully saturated rings. The van der Waals surface area contributed by atoms with Crippen molar-refractivity contribution in [3.63, 3.8) is 0 Å². The fourth-order valence-electron chi connectivity index (χ4n) is 2.59. The Bertz CT molecular complexity index is 457. The van der Waals surface area contributed by atoms with Crippen molar-refractivity contribution in [1.82, 2.24) is 4.98 Å². The number of nitrogens with zero attached hydrogens (tertiary/aromatic N) is 2. The summed E-state index contributed by atoms with van der Waals surface area (Å²) in [5.74, 6) is 2.27. The number of anilines is 1. The maximum atomic E-state index is 5.93. The van der Waals surface area contributed by atoms with Crippen molar-refractivity contribution < 1.29 is 0 Å². The van der Waals surface area contributed by atoms with E-state index in [9.17, 15) is 0 Å². The van der Waals surface area contributed by atoms with Gasteiger partial charge < -0.3 is 10.6 Å². The smallest absolute Gasteiger partial charge is 0.133 e. The van der Waals surface area contributed by atoms with Gasteiger partial charge in [0.05, 0.1) is 0 Å². The van der Waals surface area contributed by atoms with Crippen molar-refractivity contribution in [1.29, 1.82) is 0 Å². The van der Waals surface area contributed by atoms with Gasteiger partial charge in [0.2, 0.25) is 0 Å². The lowest BCUT2D eigenvalue weighted by atomic mass is 10.1. The Labute approximate surface area is 121 Å². The van der Waals surface area contributed by atoms with Gasteiger partial charge in [0, 0.05) is 41.4 Å². The van der Waals surface area contributed by atoms with Gasteiger partial charge in [-0.05, 0) is 31.9 Å². The van der Waals surface area contributed by atoms with Crippen LogP contribution in [-0.2, 0) is 6.54 Å². The third-order valence-corrected chi connectivity index (χ3v) is 5.17. The molecular formula is C15H25N3S. The second-order valence-corrected chi connectivity index (χ2v) is 7.73. The average molecular weight is 279 g/mol. The summed E-state index contributed by atoms with van der Waals surface area (Å²) < 4.78 is 0.372. The Morgan fingerprint density at radius 1 is 1.37 bits per heavy atom. The number of pyridine rings is 1. The molecule has 0 atom stereocenters. The van der Waals surface area contributed by atoms with E-state index in [-0.39, 0.29) is 0 Å². The van der Waals surface area contributed by atoms with Gasteiger partial charge in [0.25, 0.3) is 0 Å². The Morgan fingerprint density at radius 2 is 2.11 bits per heavy atom. The number of thioether (sulfide) groups is 1. The van der Waals surface area contributed by atoms with Crippen LogP contribution in [0.4, 0.5) is 5.82 Å². The van der Waals surface area contributed by atoms with E-state index in [1.54, 1.807) is 0 Å². The van der Waals surface area contributed by atoms with Crippen LogP contribution in [0.25, 0.3) is 0 Å². The molecule has 19 heavy (non-hydrogen) atoms. The minimum absolute atomic E-state index is 0.372. The molecule has 2 rings (SSSR count). The second kappa shape index (κ2) is 5.71. The third kappa shape index (κ3) is 3.42. The highest BCUT2D eigenvalue weighted by molar-refractivity contribution is 8.00. The van der Waals surface area contributed by atoms with Crippen LogP contribution in [0.2, 0.25) is 0 Å². The van der Waals surface area contributed by atoms with Gasteiger partial charge in [-0.3, -0.25) is 0 Å². The largest absolute Gasteiger partial charge is 0.355 e. The lowest BCUT2D eigenvalue weighted by molar-refractivity contribution is 0.633. The summed E-state index contributed by atoms with van der Waals surface area (Å²) in [5, 5.41) is 0. The van der Waals surface area contributed by atoms with Crippen LogP contribution in [0.3, 0.4) is 0 Å². The first kappa shape index (κ1) is 14.7. The summed E-state index contributed by atoms with van der Waals surface area (Å²) in [4.78, 5) is 7.18. The summed E-state index contributed by atoms with van der Waals surface area (Å²) in [7, 11) is 0. The van der Waals surface area contributed by atoms with Gasteiger partial charge in [0.15, 0.2) is 0 Å². The van der Waals surface area contributed by atoms with Crippen LogP contribution in [0, 0.1) is 13.8 Å². The number of hydrogen-bond acceptors (Lipinski definition) is 4. The molecule has 1 saturated heterocycles. The number of aromatic nitrogens is 1. The molecule has 0 amide bonds. The molecule has 2 heterocycles. The van der Waals surface area contributed by atoms with Crippen LogP contribution in [0.1, 0.15) is 37.1 Å². The second-order valence-electron chi connectivity index (χ2n) is 5.93. The topological polar surface area (TPSA) is 42.1 Å². The summed E-state index contributed by atoms with van der Waals surface area (Å²) >= 11 is 2.06. The maximum Gasteiger partial charge on any atom is 0.133 e. The van der Waals surface area contributed by atoms with E-state index < -0.39 is 0 Å². The normalized spacial score (nSPS) is 19.3. The first-order valence-corrected chi connectivity index (χ1v) is 7.97. The molecule has 2 N–H and O–H groups in total. The first-order valence-electron chi connectivity index (χ1n) is 6.99. The van der Waals surface area contributed by atoms with Gasteiger partial charge in [0.1, 0.15) is 5.82 Å². The molecule has 1 aliphatic rings. The highest BCUT2D eigenvalue weighted by Gasteiger charge is 2.25. The maximum absolute atomic E-state index is 5.93. The van der Waals surface area contributed by atoms with Gasteiger partial charge in [-0.1, -0.05) is 13.8 Å². The van der Waals surface area contributed by atoms with Crippen molar-refractivity contribution in [3.05, 3.63) is 22.9 Å². The molecule has 1 aromatic heterocycles. The average Bonchev–Trinajstić information content (AvgIpc) is 2.49. The van der Waals surface area contributed by atoms with Crippen molar-refractivity contribution in [2.45, 2.75) is 45.4 Å². The molecule has 0 radical (unpaired) electrons. The standard InChI is InChI=1S/C15H25N3S/c1-11-9-12(2)17-14(13(11)10-16)18-6-5-15(3,4)19-8-7-18/h9H,5-8,10,16H2,1-4H3. The molecular weight excluding hydrogens is 254 g/mol. The van der Waals surface area contributed by atoms with E-state index in [0.29, 0.717) is 11.3 Å². The van der Waals surface area contributed by atoms with Gasteiger partial charge >= 0.3 is 0 Å². The lowest BCUT2D eigenvalue weighted by Gasteiger charge is -2.26. The van der Waals surface area contributed by atoms with Crippen LogP contribution >= 0.6 is 11.8 Å². The number of hydrogen-bond donors (Lipinski definition) is 1. The molecule has 0 saturated carbocycles. The number of aryl methyl sites for hydroxylation is 2. The molecule has 4 heteroatoms. The summed E-state index contributed by atoms with van der Waals surface area (Å²) in [6.07, 6.45) is 1.19. The zero-order valence-corrected chi connectivity index (χ0v) is 13.3. The number of nitrogens with two attached hydrogens (primary N) is 1. The minimum Gasteiger partial charge on any atom is -0.355 e. The lowest BCUT2D eigenvalue weighted by Crippen LogP contribution is -2.29. The Morgan fingerprint density at radius 3 is 2.79 bits per heavy atom. The van der Waals surface area contributed by atoms with E-state index >= 15 is 0 Å². The van der Waals surface area contributed by atoms with Gasteiger partial charge in [-0.15, -0.1) is 0 Å². The monoisotopic (exact) mass is 279 g/mol. The molecule has 106 valence electrons. The van der Waals surface area contributed by atoms with Crippen molar-refractivity contribution in [3.8, 4) is 0 Å². The fourth-order valence-corrected chi connectivity index (χ4v) is 3.69. The van der Waals surface area contributed by atoms with Crippen molar-refractivity contribution in [2.75, 3.05) is 23.7 Å². The third-order valence-electron chi connectivity index (χ3n) is 3.80. The van der Waals surface area contributed by atoms with Crippen molar-refractivity contribution >= 4 is 17.6 Å². The van der Waals surface area contributed by atoms with Gasteiger partial charge in [-0.2, -0.15) is 11.8 Å². The predicted octanol–water partition coefficient (Wildman–Crippen LogP) is 2.88. The summed E-state index contributed by atoms with van der Waals surface area (Å²) in [6.45, 7) is 11.6. The predicted molar refractivity (Wildman–Crippen MR) is 85.0 cm³/mol. The van der Waals surface area contributed by atoms with E-state index in [1.165, 1.54) is 17.5 Å². The molecule has 0 bridgehead atoms. The summed E-state index contributed by atoms with van der Waals surface area (Å²) in [5.41, 5.74) is 9.48. The zero-order chi connectivity index (χ0) is 14.0. The van der Waals surface area contributed by atoms with E-state index in [1.807, 2.05) is 0 Å². The fraction of sp³-hybridized carbons (Fsp3) is 0.667. The minimum atomic E-state index is 0.372. The van der Waals surface area contributed by atoms with Crippen LogP contribution < -0.4 is 10.6 Å². The molecule has 3 nitrogen and oxygen atoms in total. The van der Waals surface area contributed by atoms with Crippen LogP contribution in [-0.4, -0.2) is 28.6 Å². The molecule has 1 aliphatic heterocycles. The van der Waals surface area contributed by atoms with Gasteiger partial charge in [-0.25, -0.2) is 4.98 Å². The SMILES string of the molecule is Cc1cc(C)c(CN)c(N2CCSC(C)(C)CC2)n1. The van der Waals surface area contributed by atoms with E-state index in [0.717, 1.165) is 30.4 Å². The highest BCUT2D eigenvalue weighted by Crippen LogP contribution is 2.33. The Kier molecular flexibility index (Phi) is 4.41. The van der Waals surface area contributed by atoms with Crippen LogP contribution in [0.15, 0.2) is 6.07 Å². The molecule has 1 aromatic rings. The van der Waals surface area contributed by atoms with Crippen molar-refractivity contribution in [2.24, 2.45) is 5.73 Å². The van der Waals surface area contributed by atoms with E-state index in [4.69, 9.17) is 10.7 Å². The number of rotatable bonds is 2. The molecule has 0 spiro atoms. The molecule has 0 unspecified atom stereocenters. The Hall–Kier alpha value is -0.740. The quantitative estimate of drug-likeness (QED) is 0.904. The van der Waals surface area contributed by atoms with E-state index in [2.05, 4.69) is 50.4 Å². The highest BCUT2D eigenvalue weighted by atomic mass is 32.2. The zero-order valence-electron chi connectivity index (χ0n) is 12.5. The van der Waals surface area contributed by atoms with Crippen LogP contribution in [0.5, 0.6) is 0 Å². The first-order chi connectivity index (χ1) is 8.93. The summed E-state index contributed by atoms with van der Waals surface area (Å²) in [6, 6.07) is 2.13.